The van der Waals surface area contributed by atoms with Crippen molar-refractivity contribution in [1.82, 2.24) is 25.5 Å². The van der Waals surface area contributed by atoms with Crippen LogP contribution in [0.1, 0.15) is 37.2 Å². The molecule has 2 N–H and O–H groups in total. The van der Waals surface area contributed by atoms with E-state index < -0.39 is 12.1 Å². The maximum absolute atomic E-state index is 13.1. The van der Waals surface area contributed by atoms with E-state index in [1.54, 1.807) is 19.1 Å². The molecule has 1 aromatic heterocycles. The summed E-state index contributed by atoms with van der Waals surface area (Å²) in [5.74, 6) is -0.0456. The Morgan fingerprint density at radius 3 is 2.67 bits per heavy atom. The summed E-state index contributed by atoms with van der Waals surface area (Å²) in [5.41, 5.74) is 0.806. The molecular formula is C16H22FN5O2. The lowest BCUT2D eigenvalue weighted by Gasteiger charge is -2.18. The van der Waals surface area contributed by atoms with Crippen molar-refractivity contribution in [3.63, 3.8) is 0 Å². The summed E-state index contributed by atoms with van der Waals surface area (Å²) in [6.07, 6.45) is 1.03. The number of carbonyl (C=O) groups excluding carboxylic acids is 1. The zero-order chi connectivity index (χ0) is 17.5. The number of rotatable bonds is 8. The van der Waals surface area contributed by atoms with Gasteiger partial charge in [-0.1, -0.05) is 19.1 Å². The van der Waals surface area contributed by atoms with Gasteiger partial charge >= 0.3 is 0 Å². The molecule has 24 heavy (non-hydrogen) atoms. The number of tetrazole rings is 1. The van der Waals surface area contributed by atoms with Crippen LogP contribution in [0.3, 0.4) is 0 Å². The van der Waals surface area contributed by atoms with Gasteiger partial charge in [-0.25, -0.2) is 9.07 Å². The largest absolute Gasteiger partial charge is 0.393 e. The van der Waals surface area contributed by atoms with E-state index in [2.05, 4.69) is 20.8 Å². The monoisotopic (exact) mass is 335 g/mol. The molecule has 2 aromatic rings. The highest BCUT2D eigenvalue weighted by Gasteiger charge is 2.24. The first kappa shape index (κ1) is 18.0. The number of aliphatic hydroxyl groups excluding tert-OH is 1. The van der Waals surface area contributed by atoms with Crippen LogP contribution in [-0.2, 0) is 11.2 Å². The molecular weight excluding hydrogens is 313 g/mol. The molecule has 130 valence electrons. The maximum Gasteiger partial charge on any atom is 0.245 e. The van der Waals surface area contributed by atoms with Crippen molar-refractivity contribution >= 4 is 5.91 Å². The molecule has 0 fully saturated rings. The standard InChI is InChI=1S/C16H22FN5O2/c1-3-14(23)8-9-18-16(24)15(22-11(2)19-20-21-22)10-12-4-6-13(17)7-5-12/h4-7,14-15,23H,3,8-10H2,1-2H3,(H,18,24). The Kier molecular flexibility index (Phi) is 6.36. The number of carbonyl (C=O) groups is 1. The molecule has 8 heteroatoms. The van der Waals surface area contributed by atoms with Crippen molar-refractivity contribution in [3.05, 3.63) is 41.5 Å². The molecule has 0 saturated heterocycles. The fourth-order valence-electron chi connectivity index (χ4n) is 2.34. The van der Waals surface area contributed by atoms with Gasteiger partial charge in [-0.15, -0.1) is 5.10 Å². The molecule has 0 spiro atoms. The van der Waals surface area contributed by atoms with E-state index in [1.807, 2.05) is 6.92 Å². The molecule has 0 aliphatic heterocycles. The van der Waals surface area contributed by atoms with Crippen molar-refractivity contribution in [3.8, 4) is 0 Å². The predicted molar refractivity (Wildman–Crippen MR) is 85.6 cm³/mol. The Hall–Kier alpha value is -2.35. The molecule has 0 saturated carbocycles. The fourth-order valence-corrected chi connectivity index (χ4v) is 2.34. The highest BCUT2D eigenvalue weighted by atomic mass is 19.1. The maximum atomic E-state index is 13.1. The lowest BCUT2D eigenvalue weighted by atomic mass is 10.0. The molecule has 2 unspecified atom stereocenters. The third-order valence-electron chi connectivity index (χ3n) is 3.85. The number of aryl methyl sites for hydroxylation is 1. The van der Waals surface area contributed by atoms with E-state index in [1.165, 1.54) is 16.8 Å². The summed E-state index contributed by atoms with van der Waals surface area (Å²) >= 11 is 0. The van der Waals surface area contributed by atoms with Crippen LogP contribution >= 0.6 is 0 Å². The van der Waals surface area contributed by atoms with Crippen molar-refractivity contribution in [2.45, 2.75) is 45.3 Å². The Labute approximate surface area is 139 Å². The minimum absolute atomic E-state index is 0.238. The molecule has 0 radical (unpaired) electrons. The van der Waals surface area contributed by atoms with E-state index in [0.29, 0.717) is 31.6 Å². The lowest BCUT2D eigenvalue weighted by Crippen LogP contribution is -2.36. The van der Waals surface area contributed by atoms with Crippen molar-refractivity contribution in [1.29, 1.82) is 0 Å². The van der Waals surface area contributed by atoms with E-state index in [4.69, 9.17) is 0 Å². The average molecular weight is 335 g/mol. The zero-order valence-corrected chi connectivity index (χ0v) is 13.8. The van der Waals surface area contributed by atoms with Gasteiger partial charge in [0.15, 0.2) is 0 Å². The van der Waals surface area contributed by atoms with Crippen LogP contribution < -0.4 is 5.32 Å². The Morgan fingerprint density at radius 1 is 1.38 bits per heavy atom. The molecule has 2 rings (SSSR count). The second kappa shape index (κ2) is 8.49. The molecule has 0 aliphatic rings. The Bertz CT molecular complexity index is 659. The molecule has 1 amide bonds. The van der Waals surface area contributed by atoms with Crippen molar-refractivity contribution in [2.24, 2.45) is 0 Å². The summed E-state index contributed by atoms with van der Waals surface area (Å²) in [6, 6.07) is 5.35. The normalized spacial score (nSPS) is 13.5. The van der Waals surface area contributed by atoms with Crippen LogP contribution in [0, 0.1) is 12.7 Å². The Morgan fingerprint density at radius 2 is 2.08 bits per heavy atom. The van der Waals surface area contributed by atoms with E-state index >= 15 is 0 Å². The molecule has 2 atom stereocenters. The van der Waals surface area contributed by atoms with E-state index in [-0.39, 0.29) is 11.7 Å². The zero-order valence-electron chi connectivity index (χ0n) is 13.8. The highest BCUT2D eigenvalue weighted by Crippen LogP contribution is 2.15. The van der Waals surface area contributed by atoms with Gasteiger partial charge in [0.05, 0.1) is 6.10 Å². The van der Waals surface area contributed by atoms with Crippen LogP contribution in [0.2, 0.25) is 0 Å². The fraction of sp³-hybridized carbons (Fsp3) is 0.500. The van der Waals surface area contributed by atoms with Gasteiger partial charge in [0.25, 0.3) is 0 Å². The summed E-state index contributed by atoms with van der Waals surface area (Å²) in [6.45, 7) is 3.97. The first-order chi connectivity index (χ1) is 11.5. The third kappa shape index (κ3) is 4.82. The van der Waals surface area contributed by atoms with E-state index in [0.717, 1.165) is 5.56 Å². The molecule has 1 aromatic carbocycles. The SMILES string of the molecule is CCC(O)CCNC(=O)C(Cc1ccc(F)cc1)n1nnnc1C. The number of amides is 1. The van der Waals surface area contributed by atoms with Gasteiger partial charge in [-0.3, -0.25) is 4.79 Å². The molecule has 0 bridgehead atoms. The van der Waals surface area contributed by atoms with Gasteiger partial charge in [0.1, 0.15) is 17.7 Å². The summed E-state index contributed by atoms with van der Waals surface area (Å²) in [4.78, 5) is 12.6. The van der Waals surface area contributed by atoms with Crippen LogP contribution in [0.4, 0.5) is 4.39 Å². The third-order valence-corrected chi connectivity index (χ3v) is 3.85. The highest BCUT2D eigenvalue weighted by molar-refractivity contribution is 5.80. The average Bonchev–Trinajstić information content (AvgIpc) is 2.99. The second-order valence-corrected chi connectivity index (χ2v) is 5.66. The minimum atomic E-state index is -0.635. The number of halogens is 1. The van der Waals surface area contributed by atoms with Gasteiger partial charge in [0, 0.05) is 13.0 Å². The van der Waals surface area contributed by atoms with Crippen LogP contribution in [0.5, 0.6) is 0 Å². The predicted octanol–water partition coefficient (Wildman–Crippen LogP) is 1.18. The summed E-state index contributed by atoms with van der Waals surface area (Å²) < 4.78 is 14.5. The Balaban J connectivity index is 2.09. The van der Waals surface area contributed by atoms with Crippen molar-refractivity contribution < 1.29 is 14.3 Å². The smallest absolute Gasteiger partial charge is 0.245 e. The van der Waals surface area contributed by atoms with Gasteiger partial charge in [-0.2, -0.15) is 0 Å². The quantitative estimate of drug-likeness (QED) is 0.756. The van der Waals surface area contributed by atoms with Crippen LogP contribution in [0.25, 0.3) is 0 Å². The second-order valence-electron chi connectivity index (χ2n) is 5.66. The van der Waals surface area contributed by atoms with Gasteiger partial charge < -0.3 is 10.4 Å². The molecule has 0 aliphatic carbocycles. The first-order valence-electron chi connectivity index (χ1n) is 7.96. The number of aromatic nitrogens is 4. The molecule has 7 nitrogen and oxygen atoms in total. The molecule has 1 heterocycles. The van der Waals surface area contributed by atoms with E-state index in [9.17, 15) is 14.3 Å². The minimum Gasteiger partial charge on any atom is -0.393 e. The van der Waals surface area contributed by atoms with Crippen LogP contribution in [-0.4, -0.2) is 43.9 Å². The van der Waals surface area contributed by atoms with Crippen LogP contribution in [0.15, 0.2) is 24.3 Å². The summed E-state index contributed by atoms with van der Waals surface area (Å²) in [5, 5.41) is 23.7. The lowest BCUT2D eigenvalue weighted by molar-refractivity contribution is -0.124. The van der Waals surface area contributed by atoms with Gasteiger partial charge in [0.2, 0.25) is 5.91 Å². The van der Waals surface area contributed by atoms with Gasteiger partial charge in [-0.05, 0) is 47.9 Å². The number of aliphatic hydroxyl groups is 1. The number of hydrogen-bond acceptors (Lipinski definition) is 5. The number of hydrogen-bond donors (Lipinski definition) is 2. The number of nitrogens with zero attached hydrogens (tertiary/aromatic N) is 4. The number of nitrogens with one attached hydrogen (secondary N) is 1. The summed E-state index contributed by atoms with van der Waals surface area (Å²) in [7, 11) is 0. The number of benzene rings is 1. The van der Waals surface area contributed by atoms with Crippen molar-refractivity contribution in [2.75, 3.05) is 6.54 Å². The topological polar surface area (TPSA) is 92.9 Å². The first-order valence-corrected chi connectivity index (χ1v) is 7.96.